The Hall–Kier alpha value is -2.62. The van der Waals surface area contributed by atoms with Gasteiger partial charge in [-0.1, -0.05) is 36.4 Å². The van der Waals surface area contributed by atoms with Gasteiger partial charge in [-0.25, -0.2) is 0 Å². The lowest BCUT2D eigenvalue weighted by Crippen LogP contribution is -2.43. The number of amides is 2. The van der Waals surface area contributed by atoms with Crippen LogP contribution >= 0.6 is 0 Å². The SMILES string of the molecule is Cc1ccccc1C(=O)N1CCC[C@@H]1C(=O)Nc1ccccc1. The second kappa shape index (κ2) is 6.65. The fourth-order valence-electron chi connectivity index (χ4n) is 3.00. The van der Waals surface area contributed by atoms with Gasteiger partial charge < -0.3 is 10.2 Å². The van der Waals surface area contributed by atoms with E-state index in [1.54, 1.807) is 4.90 Å². The largest absolute Gasteiger partial charge is 0.327 e. The van der Waals surface area contributed by atoms with Crippen LogP contribution in [0.3, 0.4) is 0 Å². The first-order chi connectivity index (χ1) is 11.2. The third-order valence-electron chi connectivity index (χ3n) is 4.23. The molecule has 0 radical (unpaired) electrons. The lowest BCUT2D eigenvalue weighted by atomic mass is 10.1. The van der Waals surface area contributed by atoms with E-state index in [1.165, 1.54) is 0 Å². The molecule has 0 aromatic heterocycles. The summed E-state index contributed by atoms with van der Waals surface area (Å²) >= 11 is 0. The number of nitrogens with one attached hydrogen (secondary N) is 1. The number of likely N-dealkylation sites (tertiary alicyclic amines) is 1. The molecule has 4 heteroatoms. The Morgan fingerprint density at radius 3 is 2.48 bits per heavy atom. The smallest absolute Gasteiger partial charge is 0.254 e. The van der Waals surface area contributed by atoms with Gasteiger partial charge in [0.05, 0.1) is 0 Å². The van der Waals surface area contributed by atoms with Gasteiger partial charge in [0.1, 0.15) is 6.04 Å². The maximum absolute atomic E-state index is 12.8. The van der Waals surface area contributed by atoms with E-state index in [0.29, 0.717) is 18.5 Å². The summed E-state index contributed by atoms with van der Waals surface area (Å²) in [5, 5.41) is 2.90. The van der Waals surface area contributed by atoms with Crippen LogP contribution in [0.5, 0.6) is 0 Å². The van der Waals surface area contributed by atoms with Crippen LogP contribution in [0.2, 0.25) is 0 Å². The summed E-state index contributed by atoms with van der Waals surface area (Å²) in [7, 11) is 0. The molecule has 1 aliphatic heterocycles. The number of hydrogen-bond acceptors (Lipinski definition) is 2. The number of hydrogen-bond donors (Lipinski definition) is 1. The van der Waals surface area contributed by atoms with E-state index in [4.69, 9.17) is 0 Å². The molecule has 1 aliphatic rings. The monoisotopic (exact) mass is 308 g/mol. The third kappa shape index (κ3) is 3.26. The Kier molecular flexibility index (Phi) is 4.42. The van der Waals surface area contributed by atoms with Crippen LogP contribution in [-0.4, -0.2) is 29.3 Å². The first kappa shape index (κ1) is 15.3. The van der Waals surface area contributed by atoms with Gasteiger partial charge in [-0.2, -0.15) is 0 Å². The fourth-order valence-corrected chi connectivity index (χ4v) is 3.00. The van der Waals surface area contributed by atoms with E-state index in [-0.39, 0.29) is 11.8 Å². The minimum absolute atomic E-state index is 0.0613. The number of para-hydroxylation sites is 1. The average Bonchev–Trinajstić information content (AvgIpc) is 3.05. The van der Waals surface area contributed by atoms with Crippen molar-refractivity contribution >= 4 is 17.5 Å². The molecule has 2 aromatic carbocycles. The Morgan fingerprint density at radius 1 is 1.04 bits per heavy atom. The molecule has 0 spiro atoms. The van der Waals surface area contributed by atoms with Crippen LogP contribution in [0.4, 0.5) is 5.69 Å². The number of benzene rings is 2. The minimum Gasteiger partial charge on any atom is -0.327 e. The van der Waals surface area contributed by atoms with E-state index in [2.05, 4.69) is 5.32 Å². The van der Waals surface area contributed by atoms with Gasteiger partial charge >= 0.3 is 0 Å². The molecule has 1 heterocycles. The Balaban J connectivity index is 1.76. The van der Waals surface area contributed by atoms with Crippen molar-refractivity contribution in [3.05, 3.63) is 65.7 Å². The molecule has 0 unspecified atom stereocenters. The Morgan fingerprint density at radius 2 is 1.74 bits per heavy atom. The van der Waals surface area contributed by atoms with Gasteiger partial charge in [0.25, 0.3) is 5.91 Å². The number of carbonyl (C=O) groups excluding carboxylic acids is 2. The molecule has 0 saturated carbocycles. The van der Waals surface area contributed by atoms with E-state index in [1.807, 2.05) is 61.5 Å². The highest BCUT2D eigenvalue weighted by molar-refractivity contribution is 6.02. The van der Waals surface area contributed by atoms with E-state index in [0.717, 1.165) is 17.7 Å². The normalized spacial score (nSPS) is 17.1. The van der Waals surface area contributed by atoms with Gasteiger partial charge in [0.2, 0.25) is 5.91 Å². The Labute approximate surface area is 136 Å². The maximum Gasteiger partial charge on any atom is 0.254 e. The molecule has 23 heavy (non-hydrogen) atoms. The van der Waals surface area contributed by atoms with Crippen LogP contribution < -0.4 is 5.32 Å². The van der Waals surface area contributed by atoms with Gasteiger partial charge in [0, 0.05) is 17.8 Å². The number of carbonyl (C=O) groups is 2. The molecule has 1 atom stereocenters. The van der Waals surface area contributed by atoms with Crippen LogP contribution in [0.25, 0.3) is 0 Å². The number of rotatable bonds is 3. The zero-order valence-corrected chi connectivity index (χ0v) is 13.2. The molecule has 2 aromatic rings. The second-order valence-corrected chi connectivity index (χ2v) is 5.83. The summed E-state index contributed by atoms with van der Waals surface area (Å²) in [5.41, 5.74) is 2.37. The van der Waals surface area contributed by atoms with Crippen molar-refractivity contribution in [2.75, 3.05) is 11.9 Å². The maximum atomic E-state index is 12.8. The standard InChI is InChI=1S/C19H20N2O2/c1-14-8-5-6-11-16(14)19(23)21-13-7-12-17(21)18(22)20-15-9-3-2-4-10-15/h2-6,8-11,17H,7,12-13H2,1H3,(H,20,22)/t17-/m1/s1. The topological polar surface area (TPSA) is 49.4 Å². The van der Waals surface area contributed by atoms with Gasteiger partial charge in [-0.3, -0.25) is 9.59 Å². The molecule has 2 amide bonds. The molecular formula is C19H20N2O2. The summed E-state index contributed by atoms with van der Waals surface area (Å²) in [6.07, 6.45) is 1.56. The van der Waals surface area contributed by atoms with Crippen molar-refractivity contribution in [1.82, 2.24) is 4.90 Å². The molecule has 0 bridgehead atoms. The predicted molar refractivity (Wildman–Crippen MR) is 90.3 cm³/mol. The molecule has 4 nitrogen and oxygen atoms in total. The number of anilines is 1. The van der Waals surface area contributed by atoms with Crippen molar-refractivity contribution in [1.29, 1.82) is 0 Å². The molecular weight excluding hydrogens is 288 g/mol. The summed E-state index contributed by atoms with van der Waals surface area (Å²) in [6.45, 7) is 2.54. The van der Waals surface area contributed by atoms with Gasteiger partial charge in [-0.05, 0) is 43.5 Å². The zero-order valence-electron chi connectivity index (χ0n) is 13.2. The summed E-state index contributed by atoms with van der Waals surface area (Å²) in [5.74, 6) is -0.176. The summed E-state index contributed by atoms with van der Waals surface area (Å²) in [6, 6.07) is 16.5. The fraction of sp³-hybridized carbons (Fsp3) is 0.263. The van der Waals surface area contributed by atoms with E-state index < -0.39 is 6.04 Å². The van der Waals surface area contributed by atoms with Crippen molar-refractivity contribution in [3.63, 3.8) is 0 Å². The first-order valence-electron chi connectivity index (χ1n) is 7.89. The van der Waals surface area contributed by atoms with Crippen molar-refractivity contribution in [2.45, 2.75) is 25.8 Å². The van der Waals surface area contributed by atoms with Gasteiger partial charge in [0.15, 0.2) is 0 Å². The van der Waals surface area contributed by atoms with Crippen molar-refractivity contribution in [3.8, 4) is 0 Å². The van der Waals surface area contributed by atoms with Crippen LogP contribution in [0.1, 0.15) is 28.8 Å². The summed E-state index contributed by atoms with van der Waals surface area (Å²) < 4.78 is 0. The summed E-state index contributed by atoms with van der Waals surface area (Å²) in [4.78, 5) is 27.0. The highest BCUT2D eigenvalue weighted by atomic mass is 16.2. The molecule has 1 fully saturated rings. The van der Waals surface area contributed by atoms with Crippen molar-refractivity contribution < 1.29 is 9.59 Å². The third-order valence-corrected chi connectivity index (χ3v) is 4.23. The molecule has 118 valence electrons. The predicted octanol–water partition coefficient (Wildman–Crippen LogP) is 3.24. The highest BCUT2D eigenvalue weighted by Crippen LogP contribution is 2.23. The Bertz CT molecular complexity index is 712. The molecule has 3 rings (SSSR count). The van der Waals surface area contributed by atoms with E-state index >= 15 is 0 Å². The minimum atomic E-state index is -0.401. The highest BCUT2D eigenvalue weighted by Gasteiger charge is 2.34. The molecule has 0 aliphatic carbocycles. The van der Waals surface area contributed by atoms with Crippen LogP contribution in [-0.2, 0) is 4.79 Å². The number of aryl methyl sites for hydroxylation is 1. The lowest BCUT2D eigenvalue weighted by molar-refractivity contribution is -0.119. The molecule has 1 N–H and O–H groups in total. The quantitative estimate of drug-likeness (QED) is 0.946. The lowest BCUT2D eigenvalue weighted by Gasteiger charge is -2.24. The van der Waals surface area contributed by atoms with Crippen LogP contribution in [0.15, 0.2) is 54.6 Å². The number of nitrogens with zero attached hydrogens (tertiary/aromatic N) is 1. The first-order valence-corrected chi connectivity index (χ1v) is 7.89. The van der Waals surface area contributed by atoms with Crippen molar-refractivity contribution in [2.24, 2.45) is 0 Å². The second-order valence-electron chi connectivity index (χ2n) is 5.83. The zero-order chi connectivity index (χ0) is 16.2. The molecule has 1 saturated heterocycles. The van der Waals surface area contributed by atoms with E-state index in [9.17, 15) is 9.59 Å². The average molecular weight is 308 g/mol. The van der Waals surface area contributed by atoms with Gasteiger partial charge in [-0.15, -0.1) is 0 Å². The van der Waals surface area contributed by atoms with Crippen LogP contribution in [0, 0.1) is 6.92 Å².